The van der Waals surface area contributed by atoms with Crippen molar-refractivity contribution in [3.63, 3.8) is 0 Å². The predicted octanol–water partition coefficient (Wildman–Crippen LogP) is -0.273. The van der Waals surface area contributed by atoms with Gasteiger partial charge in [-0.05, 0) is 13.8 Å². The number of nitrogens with one attached hydrogen (secondary N) is 2. The van der Waals surface area contributed by atoms with Crippen LogP contribution < -0.4 is 10.6 Å². The first-order chi connectivity index (χ1) is 8.71. The van der Waals surface area contributed by atoms with Crippen LogP contribution in [-0.4, -0.2) is 55.5 Å². The molecule has 0 aliphatic heterocycles. The molecule has 0 fully saturated rings. The Bertz CT molecular complexity index is 342. The molecular weight excluding hydrogens is 256 g/mol. The average Bonchev–Trinajstić information content (AvgIpc) is 2.35. The molecule has 0 aliphatic rings. The number of hydrogen-bond donors (Lipinski definition) is 3. The molecule has 0 radical (unpaired) electrons. The third-order valence-electron chi connectivity index (χ3n) is 2.43. The molecule has 0 rings (SSSR count). The maximum atomic E-state index is 11.5. The highest BCUT2D eigenvalue weighted by atomic mass is 16.5. The molecule has 0 aliphatic carbocycles. The van der Waals surface area contributed by atoms with E-state index in [-0.39, 0.29) is 6.54 Å². The van der Waals surface area contributed by atoms with Gasteiger partial charge in [0.2, 0.25) is 0 Å². The first kappa shape index (κ1) is 17.2. The Hall–Kier alpha value is -1.83. The van der Waals surface area contributed by atoms with Gasteiger partial charge in [0.15, 0.2) is 0 Å². The van der Waals surface area contributed by atoms with Crippen LogP contribution in [0.25, 0.3) is 0 Å². The highest BCUT2D eigenvalue weighted by Gasteiger charge is 2.24. The summed E-state index contributed by atoms with van der Waals surface area (Å²) in [5.41, 5.74) is -0.571. The van der Waals surface area contributed by atoms with Gasteiger partial charge < -0.3 is 25.2 Å². The van der Waals surface area contributed by atoms with E-state index in [1.807, 2.05) is 0 Å². The van der Waals surface area contributed by atoms with Crippen molar-refractivity contribution in [3.8, 4) is 0 Å². The minimum Gasteiger partial charge on any atom is -0.480 e. The maximum Gasteiger partial charge on any atom is 0.326 e. The molecule has 0 bridgehead atoms. The SMILES string of the molecule is COC(=O)C[C@H](NC(=O)NCC(C)(C)OC)C(=O)O. The lowest BCUT2D eigenvalue weighted by Crippen LogP contribution is -2.50. The second-order valence-corrected chi connectivity index (χ2v) is 4.46. The molecule has 0 aromatic heterocycles. The molecule has 0 aromatic carbocycles. The Morgan fingerprint density at radius 1 is 1.26 bits per heavy atom. The molecule has 19 heavy (non-hydrogen) atoms. The molecule has 0 aromatic rings. The van der Waals surface area contributed by atoms with Gasteiger partial charge in [-0.15, -0.1) is 0 Å². The number of carboxylic acid groups (broad SMARTS) is 1. The monoisotopic (exact) mass is 276 g/mol. The fourth-order valence-electron chi connectivity index (χ4n) is 1.02. The van der Waals surface area contributed by atoms with Gasteiger partial charge in [-0.2, -0.15) is 0 Å². The second-order valence-electron chi connectivity index (χ2n) is 4.46. The molecular formula is C11H20N2O6. The molecule has 0 heterocycles. The van der Waals surface area contributed by atoms with Crippen LogP contribution >= 0.6 is 0 Å². The number of amides is 2. The van der Waals surface area contributed by atoms with E-state index < -0.39 is 36.0 Å². The van der Waals surface area contributed by atoms with Crippen molar-refractivity contribution in [2.75, 3.05) is 20.8 Å². The van der Waals surface area contributed by atoms with Crippen molar-refractivity contribution in [3.05, 3.63) is 0 Å². The van der Waals surface area contributed by atoms with Crippen molar-refractivity contribution in [1.82, 2.24) is 10.6 Å². The van der Waals surface area contributed by atoms with Crippen LogP contribution in [0.4, 0.5) is 4.79 Å². The fourth-order valence-corrected chi connectivity index (χ4v) is 1.02. The average molecular weight is 276 g/mol. The summed E-state index contributed by atoms with van der Waals surface area (Å²) in [6, 6.07) is -2.03. The number of methoxy groups -OCH3 is 2. The van der Waals surface area contributed by atoms with Crippen LogP contribution in [0.15, 0.2) is 0 Å². The Kier molecular flexibility index (Phi) is 6.84. The largest absolute Gasteiger partial charge is 0.480 e. The number of aliphatic carboxylic acids is 1. The van der Waals surface area contributed by atoms with Gasteiger partial charge in [0.05, 0.1) is 19.1 Å². The molecule has 2 amide bonds. The smallest absolute Gasteiger partial charge is 0.326 e. The number of carbonyl (C=O) groups excluding carboxylic acids is 2. The van der Waals surface area contributed by atoms with Gasteiger partial charge >= 0.3 is 18.0 Å². The van der Waals surface area contributed by atoms with Crippen molar-refractivity contribution >= 4 is 18.0 Å². The van der Waals surface area contributed by atoms with E-state index in [9.17, 15) is 14.4 Å². The van der Waals surface area contributed by atoms with Gasteiger partial charge in [0.1, 0.15) is 6.04 Å². The van der Waals surface area contributed by atoms with E-state index in [4.69, 9.17) is 9.84 Å². The van der Waals surface area contributed by atoms with Crippen molar-refractivity contribution in [2.45, 2.75) is 31.9 Å². The lowest BCUT2D eigenvalue weighted by atomic mass is 10.1. The van der Waals surface area contributed by atoms with Gasteiger partial charge in [-0.1, -0.05) is 0 Å². The van der Waals surface area contributed by atoms with Crippen LogP contribution in [0.5, 0.6) is 0 Å². The van der Waals surface area contributed by atoms with Gasteiger partial charge in [-0.25, -0.2) is 9.59 Å². The Labute approximate surface area is 111 Å². The third kappa shape index (κ3) is 7.24. The summed E-state index contributed by atoms with van der Waals surface area (Å²) >= 11 is 0. The van der Waals surface area contributed by atoms with Crippen molar-refractivity contribution in [2.24, 2.45) is 0 Å². The number of carboxylic acids is 1. The summed E-state index contributed by atoms with van der Waals surface area (Å²) < 4.78 is 9.44. The molecule has 0 saturated heterocycles. The Morgan fingerprint density at radius 3 is 2.26 bits per heavy atom. The van der Waals surface area contributed by atoms with Crippen LogP contribution in [0.3, 0.4) is 0 Å². The lowest BCUT2D eigenvalue weighted by molar-refractivity contribution is -0.147. The van der Waals surface area contributed by atoms with Crippen molar-refractivity contribution < 1.29 is 29.0 Å². The topological polar surface area (TPSA) is 114 Å². The third-order valence-corrected chi connectivity index (χ3v) is 2.43. The van der Waals surface area contributed by atoms with Crippen LogP contribution in [0.1, 0.15) is 20.3 Å². The molecule has 110 valence electrons. The number of ether oxygens (including phenoxy) is 2. The van der Waals surface area contributed by atoms with E-state index in [1.54, 1.807) is 13.8 Å². The van der Waals surface area contributed by atoms with Crippen LogP contribution in [-0.2, 0) is 19.1 Å². The number of rotatable bonds is 7. The zero-order chi connectivity index (χ0) is 15.1. The highest BCUT2D eigenvalue weighted by Crippen LogP contribution is 2.04. The number of urea groups is 1. The predicted molar refractivity (Wildman–Crippen MR) is 65.7 cm³/mol. The fraction of sp³-hybridized carbons (Fsp3) is 0.727. The summed E-state index contributed by atoms with van der Waals surface area (Å²) in [6.07, 6.45) is -0.438. The normalized spacial score (nSPS) is 12.4. The maximum absolute atomic E-state index is 11.5. The zero-order valence-electron chi connectivity index (χ0n) is 11.5. The van der Waals surface area contributed by atoms with E-state index in [0.29, 0.717) is 0 Å². The molecule has 3 N–H and O–H groups in total. The number of hydrogen-bond acceptors (Lipinski definition) is 5. The summed E-state index contributed by atoms with van der Waals surface area (Å²) in [6.45, 7) is 3.71. The Balaban J connectivity index is 4.33. The van der Waals surface area contributed by atoms with Crippen molar-refractivity contribution in [1.29, 1.82) is 0 Å². The highest BCUT2D eigenvalue weighted by molar-refractivity contribution is 5.86. The molecule has 0 spiro atoms. The van der Waals surface area contributed by atoms with Gasteiger partial charge in [0.25, 0.3) is 0 Å². The first-order valence-electron chi connectivity index (χ1n) is 5.61. The van der Waals surface area contributed by atoms with Crippen LogP contribution in [0, 0.1) is 0 Å². The Morgan fingerprint density at radius 2 is 1.84 bits per heavy atom. The number of carbonyl (C=O) groups is 3. The van der Waals surface area contributed by atoms with E-state index in [0.717, 1.165) is 7.11 Å². The number of esters is 1. The van der Waals surface area contributed by atoms with E-state index in [1.165, 1.54) is 7.11 Å². The standard InChI is InChI=1S/C11H20N2O6/c1-11(2,19-4)6-12-10(17)13-7(9(15)16)5-8(14)18-3/h7H,5-6H2,1-4H3,(H,15,16)(H2,12,13,17)/t7-/m0/s1. The van der Waals surface area contributed by atoms with Crippen LogP contribution in [0.2, 0.25) is 0 Å². The first-order valence-corrected chi connectivity index (χ1v) is 5.61. The van der Waals surface area contributed by atoms with Gasteiger partial charge in [0, 0.05) is 13.7 Å². The minimum atomic E-state index is -1.34. The summed E-state index contributed by atoms with van der Waals surface area (Å²) in [4.78, 5) is 33.4. The van der Waals surface area contributed by atoms with E-state index >= 15 is 0 Å². The molecule has 1 atom stereocenters. The summed E-state index contributed by atoms with van der Waals surface area (Å²) in [7, 11) is 2.64. The molecule has 8 nitrogen and oxygen atoms in total. The summed E-state index contributed by atoms with van der Waals surface area (Å²) in [5.74, 6) is -2.03. The second kappa shape index (κ2) is 7.57. The lowest BCUT2D eigenvalue weighted by Gasteiger charge is -2.23. The molecule has 0 saturated carbocycles. The molecule has 8 heteroatoms. The minimum absolute atomic E-state index is 0.194. The summed E-state index contributed by atoms with van der Waals surface area (Å²) in [5, 5.41) is 13.5. The zero-order valence-corrected chi connectivity index (χ0v) is 11.5. The quantitative estimate of drug-likeness (QED) is 0.551. The molecule has 0 unspecified atom stereocenters. The van der Waals surface area contributed by atoms with Gasteiger partial charge in [-0.3, -0.25) is 4.79 Å². The van der Waals surface area contributed by atoms with E-state index in [2.05, 4.69) is 15.4 Å².